The number of hydrogen-bond acceptors (Lipinski definition) is 6. The van der Waals surface area contributed by atoms with E-state index in [2.05, 4.69) is 0 Å². The molecule has 12 heteroatoms. The summed E-state index contributed by atoms with van der Waals surface area (Å²) in [6.45, 7) is 1.13. The molecule has 31 heavy (non-hydrogen) atoms. The molecule has 0 aliphatic rings. The van der Waals surface area contributed by atoms with Gasteiger partial charge >= 0.3 is 11.7 Å². The number of carbonyl (C=O) groups is 1. The molecule has 0 amide bonds. The number of allylic oxidation sites excluding steroid dienone is 1. The lowest BCUT2D eigenvalue weighted by Crippen LogP contribution is -2.40. The Morgan fingerprint density at radius 1 is 1.00 bits per heavy atom. The molecule has 7 nitrogen and oxygen atoms in total. The van der Waals surface area contributed by atoms with E-state index in [4.69, 9.17) is 9.47 Å². The first-order valence-electron chi connectivity index (χ1n) is 9.14. The zero-order valence-corrected chi connectivity index (χ0v) is 17.6. The third-order valence-corrected chi connectivity index (χ3v) is 5.59. The van der Waals surface area contributed by atoms with Crippen molar-refractivity contribution < 1.29 is 31.8 Å². The standard InChI is InChI=1S/C19H20F4N2O5S/c1-11-14-16(26)24(7-3-5-12(20)21)19(28)25(8-10-29-2)17(14)31-15(11)18(27)30-9-4-6-13(22)23/h5-6H,3-4,7-10H2,1-2H3. The van der Waals surface area contributed by atoms with Crippen molar-refractivity contribution in [2.75, 3.05) is 20.3 Å². The van der Waals surface area contributed by atoms with Crippen LogP contribution in [0.4, 0.5) is 17.6 Å². The summed E-state index contributed by atoms with van der Waals surface area (Å²) < 4.78 is 60.9. The number of ether oxygens (including phenoxy) is 2. The number of esters is 1. The van der Waals surface area contributed by atoms with Crippen LogP contribution >= 0.6 is 11.3 Å². The quantitative estimate of drug-likeness (QED) is 0.305. The zero-order valence-electron chi connectivity index (χ0n) is 16.8. The van der Waals surface area contributed by atoms with Crippen LogP contribution in [0.1, 0.15) is 28.1 Å². The first-order valence-corrected chi connectivity index (χ1v) is 9.95. The van der Waals surface area contributed by atoms with Crippen molar-refractivity contribution in [1.82, 2.24) is 9.13 Å². The number of fused-ring (bicyclic) bond motifs is 1. The molecule has 170 valence electrons. The molecule has 0 aromatic carbocycles. The molecule has 0 aliphatic carbocycles. The Hall–Kier alpha value is -2.73. The van der Waals surface area contributed by atoms with Gasteiger partial charge in [0.25, 0.3) is 17.7 Å². The summed E-state index contributed by atoms with van der Waals surface area (Å²) >= 11 is 0.863. The fourth-order valence-electron chi connectivity index (χ4n) is 2.85. The summed E-state index contributed by atoms with van der Waals surface area (Å²) in [5, 5.41) is 0.0899. The summed E-state index contributed by atoms with van der Waals surface area (Å²) in [6, 6.07) is 0. The van der Waals surface area contributed by atoms with Gasteiger partial charge in [0.2, 0.25) is 0 Å². The highest BCUT2D eigenvalue weighted by Crippen LogP contribution is 2.28. The summed E-state index contributed by atoms with van der Waals surface area (Å²) in [4.78, 5) is 38.4. The maximum atomic E-state index is 12.9. The van der Waals surface area contributed by atoms with E-state index in [1.165, 1.54) is 18.6 Å². The van der Waals surface area contributed by atoms with Crippen LogP contribution in [0.5, 0.6) is 0 Å². The van der Waals surface area contributed by atoms with Crippen molar-refractivity contribution in [3.05, 3.63) is 55.6 Å². The van der Waals surface area contributed by atoms with Gasteiger partial charge < -0.3 is 9.47 Å². The molecule has 2 rings (SSSR count). The maximum Gasteiger partial charge on any atom is 0.348 e. The van der Waals surface area contributed by atoms with Crippen molar-refractivity contribution in [1.29, 1.82) is 0 Å². The molecule has 2 heterocycles. The lowest BCUT2D eigenvalue weighted by Gasteiger charge is -2.11. The minimum Gasteiger partial charge on any atom is -0.461 e. The highest BCUT2D eigenvalue weighted by atomic mass is 32.1. The van der Waals surface area contributed by atoms with Crippen molar-refractivity contribution >= 4 is 27.5 Å². The van der Waals surface area contributed by atoms with Crippen LogP contribution in [0.15, 0.2) is 33.9 Å². The van der Waals surface area contributed by atoms with E-state index in [-0.39, 0.29) is 59.8 Å². The van der Waals surface area contributed by atoms with Gasteiger partial charge in [0.15, 0.2) is 0 Å². The van der Waals surface area contributed by atoms with E-state index in [1.54, 1.807) is 0 Å². The van der Waals surface area contributed by atoms with Crippen molar-refractivity contribution in [3.63, 3.8) is 0 Å². The first kappa shape index (κ1) is 24.5. The molecule has 2 aromatic rings. The Balaban J connectivity index is 2.53. The molecular weight excluding hydrogens is 444 g/mol. The molecule has 0 N–H and O–H groups in total. The minimum atomic E-state index is -1.92. The van der Waals surface area contributed by atoms with Gasteiger partial charge in [-0.3, -0.25) is 13.9 Å². The normalized spacial score (nSPS) is 10.9. The number of aryl methyl sites for hydroxylation is 1. The molecule has 0 saturated carbocycles. The highest BCUT2D eigenvalue weighted by molar-refractivity contribution is 7.20. The van der Waals surface area contributed by atoms with Crippen LogP contribution in [0.3, 0.4) is 0 Å². The van der Waals surface area contributed by atoms with Gasteiger partial charge in [-0.05, 0) is 31.1 Å². The van der Waals surface area contributed by atoms with Crippen molar-refractivity contribution in [2.45, 2.75) is 32.9 Å². The predicted molar refractivity (Wildman–Crippen MR) is 107 cm³/mol. The predicted octanol–water partition coefficient (Wildman–Crippen LogP) is 3.68. The van der Waals surface area contributed by atoms with E-state index in [0.29, 0.717) is 12.2 Å². The number of nitrogens with zero attached hydrogens (tertiary/aromatic N) is 2. The Labute approximate surface area is 177 Å². The average molecular weight is 464 g/mol. The van der Waals surface area contributed by atoms with Crippen LogP contribution in [-0.4, -0.2) is 35.4 Å². The van der Waals surface area contributed by atoms with Gasteiger partial charge in [-0.1, -0.05) is 0 Å². The number of methoxy groups -OCH3 is 1. The number of hydrogen-bond donors (Lipinski definition) is 0. The Morgan fingerprint density at radius 2 is 1.65 bits per heavy atom. The molecule has 0 atom stereocenters. The van der Waals surface area contributed by atoms with Crippen LogP contribution in [0, 0.1) is 6.92 Å². The zero-order chi connectivity index (χ0) is 23.1. The van der Waals surface area contributed by atoms with Gasteiger partial charge in [0.05, 0.1) is 25.1 Å². The second-order valence-electron chi connectivity index (χ2n) is 6.32. The second-order valence-corrected chi connectivity index (χ2v) is 7.32. The first-order chi connectivity index (χ1) is 14.7. The van der Waals surface area contributed by atoms with Crippen LogP contribution in [-0.2, 0) is 22.6 Å². The van der Waals surface area contributed by atoms with Gasteiger partial charge in [-0.2, -0.15) is 17.6 Å². The Kier molecular flexibility index (Phi) is 8.75. The summed E-state index contributed by atoms with van der Waals surface area (Å²) in [5.41, 5.74) is -1.17. The van der Waals surface area contributed by atoms with E-state index in [1.807, 2.05) is 0 Å². The number of thiophene rings is 1. The van der Waals surface area contributed by atoms with Gasteiger partial charge in [0, 0.05) is 20.1 Å². The molecule has 0 bridgehead atoms. The molecular formula is C19H20F4N2O5S. The second kappa shape index (κ2) is 11.0. The minimum absolute atomic E-state index is 0.0508. The molecule has 0 saturated heterocycles. The van der Waals surface area contributed by atoms with E-state index < -0.39 is 29.4 Å². The molecule has 0 radical (unpaired) electrons. The fraction of sp³-hybridized carbons (Fsp3) is 0.421. The van der Waals surface area contributed by atoms with Crippen molar-refractivity contribution in [3.8, 4) is 0 Å². The highest BCUT2D eigenvalue weighted by Gasteiger charge is 2.23. The van der Waals surface area contributed by atoms with E-state index in [9.17, 15) is 31.9 Å². The maximum absolute atomic E-state index is 12.9. The van der Waals surface area contributed by atoms with Gasteiger partial charge in [-0.15, -0.1) is 11.3 Å². The number of carbonyl (C=O) groups excluding carboxylic acids is 1. The van der Waals surface area contributed by atoms with Gasteiger partial charge in [0.1, 0.15) is 9.71 Å². The summed E-state index contributed by atoms with van der Waals surface area (Å²) in [5.74, 6) is -0.814. The molecule has 0 unspecified atom stereocenters. The molecule has 0 aliphatic heterocycles. The Morgan fingerprint density at radius 3 is 2.26 bits per heavy atom. The molecule has 0 fully saturated rings. The lowest BCUT2D eigenvalue weighted by atomic mass is 10.2. The molecule has 0 spiro atoms. The topological polar surface area (TPSA) is 79.5 Å². The van der Waals surface area contributed by atoms with E-state index >= 15 is 0 Å². The van der Waals surface area contributed by atoms with Crippen LogP contribution < -0.4 is 11.2 Å². The summed E-state index contributed by atoms with van der Waals surface area (Å²) in [7, 11) is 1.42. The number of aromatic nitrogens is 2. The fourth-order valence-corrected chi connectivity index (χ4v) is 4.07. The largest absolute Gasteiger partial charge is 0.461 e. The van der Waals surface area contributed by atoms with Crippen LogP contribution in [0.2, 0.25) is 0 Å². The van der Waals surface area contributed by atoms with Crippen molar-refractivity contribution in [2.24, 2.45) is 0 Å². The summed E-state index contributed by atoms with van der Waals surface area (Å²) in [6.07, 6.45) is -3.01. The average Bonchev–Trinajstić information content (AvgIpc) is 3.04. The third kappa shape index (κ3) is 5.91. The molecule has 2 aromatic heterocycles. The van der Waals surface area contributed by atoms with E-state index in [0.717, 1.165) is 15.9 Å². The third-order valence-electron chi connectivity index (χ3n) is 4.30. The lowest BCUT2D eigenvalue weighted by molar-refractivity contribution is 0.0515. The number of rotatable bonds is 10. The van der Waals surface area contributed by atoms with Gasteiger partial charge in [-0.25, -0.2) is 9.59 Å². The smallest absolute Gasteiger partial charge is 0.348 e. The Bertz CT molecular complexity index is 1120. The monoisotopic (exact) mass is 464 g/mol. The number of halogens is 4. The SMILES string of the molecule is COCCn1c(=O)n(CCC=C(F)F)c(=O)c2c(C)c(C(=O)OCCC=C(F)F)sc21. The van der Waals surface area contributed by atoms with Crippen LogP contribution in [0.25, 0.3) is 10.2 Å².